The Balaban J connectivity index is 2.81. The SMILES string of the molecule is CCCCS(=O)(=O)N(CCC(=O)O)Cc1ccncc1. The van der Waals surface area contributed by atoms with E-state index in [9.17, 15) is 13.2 Å². The van der Waals surface area contributed by atoms with Crippen LogP contribution in [0.4, 0.5) is 0 Å². The van der Waals surface area contributed by atoms with E-state index in [0.717, 1.165) is 12.0 Å². The number of carboxylic acid groups (broad SMARTS) is 1. The van der Waals surface area contributed by atoms with Gasteiger partial charge in [0.1, 0.15) is 0 Å². The van der Waals surface area contributed by atoms with Crippen molar-refractivity contribution in [2.75, 3.05) is 12.3 Å². The van der Waals surface area contributed by atoms with Crippen LogP contribution in [0.2, 0.25) is 0 Å². The second kappa shape index (κ2) is 7.96. The number of aliphatic carboxylic acids is 1. The number of unbranched alkanes of at least 4 members (excludes halogenated alkanes) is 1. The Bertz CT molecular complexity index is 516. The topological polar surface area (TPSA) is 87.6 Å². The average Bonchev–Trinajstić information content (AvgIpc) is 2.42. The molecule has 0 radical (unpaired) electrons. The number of sulfonamides is 1. The van der Waals surface area contributed by atoms with Gasteiger partial charge in [0.2, 0.25) is 10.0 Å². The second-order valence-electron chi connectivity index (χ2n) is 4.50. The van der Waals surface area contributed by atoms with Gasteiger partial charge in [0.25, 0.3) is 0 Å². The lowest BCUT2D eigenvalue weighted by molar-refractivity contribution is -0.137. The molecule has 0 amide bonds. The van der Waals surface area contributed by atoms with E-state index in [1.54, 1.807) is 24.5 Å². The molecule has 6 nitrogen and oxygen atoms in total. The van der Waals surface area contributed by atoms with Crippen LogP contribution in [-0.2, 0) is 21.4 Å². The highest BCUT2D eigenvalue weighted by atomic mass is 32.2. The fraction of sp³-hybridized carbons (Fsp3) is 0.538. The quantitative estimate of drug-likeness (QED) is 0.746. The number of aromatic nitrogens is 1. The molecule has 0 aliphatic heterocycles. The molecular formula is C13H20N2O4S. The van der Waals surface area contributed by atoms with Gasteiger partial charge < -0.3 is 5.11 Å². The predicted molar refractivity (Wildman–Crippen MR) is 75.6 cm³/mol. The number of carboxylic acids is 1. The molecule has 0 bridgehead atoms. The van der Waals surface area contributed by atoms with E-state index >= 15 is 0 Å². The van der Waals surface area contributed by atoms with Crippen molar-refractivity contribution >= 4 is 16.0 Å². The van der Waals surface area contributed by atoms with Crippen molar-refractivity contribution in [2.24, 2.45) is 0 Å². The molecule has 0 aromatic carbocycles. The Morgan fingerprint density at radius 3 is 2.55 bits per heavy atom. The molecule has 0 atom stereocenters. The van der Waals surface area contributed by atoms with Gasteiger partial charge in [-0.2, -0.15) is 4.31 Å². The summed E-state index contributed by atoms with van der Waals surface area (Å²) >= 11 is 0. The zero-order valence-electron chi connectivity index (χ0n) is 11.5. The van der Waals surface area contributed by atoms with Crippen molar-refractivity contribution in [3.8, 4) is 0 Å². The van der Waals surface area contributed by atoms with Gasteiger partial charge in [0.05, 0.1) is 12.2 Å². The van der Waals surface area contributed by atoms with Gasteiger partial charge in [-0.05, 0) is 24.1 Å². The zero-order chi connectivity index (χ0) is 15.0. The molecule has 1 heterocycles. The maximum absolute atomic E-state index is 12.2. The van der Waals surface area contributed by atoms with Crippen molar-refractivity contribution in [2.45, 2.75) is 32.7 Å². The van der Waals surface area contributed by atoms with Gasteiger partial charge in [-0.25, -0.2) is 8.42 Å². The van der Waals surface area contributed by atoms with Crippen molar-refractivity contribution in [3.05, 3.63) is 30.1 Å². The Morgan fingerprint density at radius 2 is 2.00 bits per heavy atom. The van der Waals surface area contributed by atoms with Gasteiger partial charge in [-0.1, -0.05) is 13.3 Å². The molecule has 112 valence electrons. The van der Waals surface area contributed by atoms with E-state index in [4.69, 9.17) is 5.11 Å². The summed E-state index contributed by atoms with van der Waals surface area (Å²) in [4.78, 5) is 14.5. The van der Waals surface area contributed by atoms with Crippen LogP contribution in [0.3, 0.4) is 0 Å². The number of hydrogen-bond donors (Lipinski definition) is 1. The molecule has 1 N–H and O–H groups in total. The Labute approximate surface area is 119 Å². The normalized spacial score (nSPS) is 11.7. The summed E-state index contributed by atoms with van der Waals surface area (Å²) in [6.07, 6.45) is 4.33. The zero-order valence-corrected chi connectivity index (χ0v) is 12.3. The van der Waals surface area contributed by atoms with Gasteiger partial charge in [0.15, 0.2) is 0 Å². The standard InChI is InChI=1S/C13H20N2O4S/c1-2-3-10-20(18,19)15(9-6-13(16)17)11-12-4-7-14-8-5-12/h4-5,7-8H,2-3,6,9-11H2,1H3,(H,16,17). The Morgan fingerprint density at radius 1 is 1.35 bits per heavy atom. The minimum atomic E-state index is -3.43. The molecule has 1 aromatic heterocycles. The molecule has 20 heavy (non-hydrogen) atoms. The lowest BCUT2D eigenvalue weighted by Crippen LogP contribution is -2.34. The fourth-order valence-electron chi connectivity index (χ4n) is 1.68. The first-order valence-electron chi connectivity index (χ1n) is 6.54. The first-order chi connectivity index (χ1) is 9.45. The predicted octanol–water partition coefficient (Wildman–Crippen LogP) is 1.49. The van der Waals surface area contributed by atoms with E-state index in [1.807, 2.05) is 6.92 Å². The molecule has 0 fully saturated rings. The van der Waals surface area contributed by atoms with Crippen LogP contribution in [-0.4, -0.2) is 41.1 Å². The minimum absolute atomic E-state index is 0.0102. The number of rotatable bonds is 9. The van der Waals surface area contributed by atoms with Gasteiger partial charge in [-0.15, -0.1) is 0 Å². The van der Waals surface area contributed by atoms with E-state index < -0.39 is 16.0 Å². The summed E-state index contributed by atoms with van der Waals surface area (Å²) in [5, 5.41) is 8.74. The van der Waals surface area contributed by atoms with Crippen molar-refractivity contribution in [1.82, 2.24) is 9.29 Å². The first-order valence-corrected chi connectivity index (χ1v) is 8.15. The number of carbonyl (C=O) groups is 1. The summed E-state index contributed by atoms with van der Waals surface area (Å²) in [7, 11) is -3.43. The first kappa shape index (κ1) is 16.6. The average molecular weight is 300 g/mol. The molecule has 1 aromatic rings. The lowest BCUT2D eigenvalue weighted by Gasteiger charge is -2.21. The summed E-state index contributed by atoms with van der Waals surface area (Å²) in [5.41, 5.74) is 0.797. The molecule has 1 rings (SSSR count). The highest BCUT2D eigenvalue weighted by Crippen LogP contribution is 2.11. The molecule has 7 heteroatoms. The van der Waals surface area contributed by atoms with Crippen LogP contribution in [0.25, 0.3) is 0 Å². The molecule has 0 saturated heterocycles. The van der Waals surface area contributed by atoms with Crippen LogP contribution in [0, 0.1) is 0 Å². The third-order valence-electron chi connectivity index (χ3n) is 2.83. The highest BCUT2D eigenvalue weighted by Gasteiger charge is 2.22. The van der Waals surface area contributed by atoms with Crippen molar-refractivity contribution in [1.29, 1.82) is 0 Å². The lowest BCUT2D eigenvalue weighted by atomic mass is 10.2. The molecule has 0 unspecified atom stereocenters. The summed E-state index contributed by atoms with van der Waals surface area (Å²) < 4.78 is 25.7. The van der Waals surface area contributed by atoms with E-state index in [1.165, 1.54) is 4.31 Å². The molecule has 0 spiro atoms. The largest absolute Gasteiger partial charge is 0.481 e. The maximum Gasteiger partial charge on any atom is 0.304 e. The van der Waals surface area contributed by atoms with E-state index in [0.29, 0.717) is 6.42 Å². The summed E-state index contributed by atoms with van der Waals surface area (Å²) in [5.74, 6) is -0.954. The van der Waals surface area contributed by atoms with Gasteiger partial charge in [0, 0.05) is 25.5 Å². The van der Waals surface area contributed by atoms with Crippen LogP contribution < -0.4 is 0 Å². The Hall–Kier alpha value is -1.47. The number of hydrogen-bond acceptors (Lipinski definition) is 4. The smallest absolute Gasteiger partial charge is 0.304 e. The Kier molecular flexibility index (Phi) is 6.60. The van der Waals surface area contributed by atoms with E-state index in [-0.39, 0.29) is 25.3 Å². The summed E-state index contributed by atoms with van der Waals surface area (Å²) in [6.45, 7) is 2.09. The van der Waals surface area contributed by atoms with Crippen molar-refractivity contribution in [3.63, 3.8) is 0 Å². The monoisotopic (exact) mass is 300 g/mol. The van der Waals surface area contributed by atoms with Crippen molar-refractivity contribution < 1.29 is 18.3 Å². The highest BCUT2D eigenvalue weighted by molar-refractivity contribution is 7.89. The van der Waals surface area contributed by atoms with Gasteiger partial charge >= 0.3 is 5.97 Å². The molecular weight excluding hydrogens is 280 g/mol. The van der Waals surface area contributed by atoms with Crippen LogP contribution in [0.1, 0.15) is 31.7 Å². The summed E-state index contributed by atoms with van der Waals surface area (Å²) in [6, 6.07) is 3.45. The maximum atomic E-state index is 12.2. The van der Waals surface area contributed by atoms with Crippen LogP contribution in [0.15, 0.2) is 24.5 Å². The van der Waals surface area contributed by atoms with E-state index in [2.05, 4.69) is 4.98 Å². The second-order valence-corrected chi connectivity index (χ2v) is 6.59. The van der Waals surface area contributed by atoms with Crippen LogP contribution in [0.5, 0.6) is 0 Å². The molecule has 0 saturated carbocycles. The fourth-order valence-corrected chi connectivity index (χ4v) is 3.31. The third-order valence-corrected chi connectivity index (χ3v) is 4.74. The number of pyridine rings is 1. The third kappa shape index (κ3) is 5.66. The number of nitrogens with zero attached hydrogens (tertiary/aromatic N) is 2. The molecule has 0 aliphatic rings. The van der Waals surface area contributed by atoms with Gasteiger partial charge in [-0.3, -0.25) is 9.78 Å². The molecule has 0 aliphatic carbocycles. The minimum Gasteiger partial charge on any atom is -0.481 e. The van der Waals surface area contributed by atoms with Crippen LogP contribution >= 0.6 is 0 Å².